The van der Waals surface area contributed by atoms with Crippen LogP contribution in [-0.4, -0.2) is 61.9 Å². The molecule has 3 aliphatic rings. The van der Waals surface area contributed by atoms with Crippen LogP contribution in [0.4, 0.5) is 5.13 Å². The summed E-state index contributed by atoms with van der Waals surface area (Å²) in [6.07, 6.45) is 6.53. The van der Waals surface area contributed by atoms with Crippen molar-refractivity contribution in [1.29, 1.82) is 0 Å². The lowest BCUT2D eigenvalue weighted by molar-refractivity contribution is -0.152. The number of hydrogen-bond acceptors (Lipinski definition) is 7. The normalized spacial score (nSPS) is 31.1. The SMILES string of the molecule is CCOC(=O)[C@H]1[C@@H]2CN(Cc3cnc(N4CCOCC4)s3)C[C@@H]2C=C[C@@H]1C. The minimum Gasteiger partial charge on any atom is -0.466 e. The van der Waals surface area contributed by atoms with Gasteiger partial charge >= 0.3 is 5.97 Å². The third-order valence-corrected chi connectivity index (χ3v) is 6.98. The van der Waals surface area contributed by atoms with E-state index >= 15 is 0 Å². The Labute approximate surface area is 165 Å². The smallest absolute Gasteiger partial charge is 0.309 e. The van der Waals surface area contributed by atoms with Gasteiger partial charge in [-0.15, -0.1) is 11.3 Å². The molecule has 0 radical (unpaired) electrons. The van der Waals surface area contributed by atoms with Gasteiger partial charge in [0, 0.05) is 43.8 Å². The zero-order valence-corrected chi connectivity index (χ0v) is 17.0. The molecule has 6 nitrogen and oxygen atoms in total. The molecule has 1 aromatic rings. The van der Waals surface area contributed by atoms with E-state index in [4.69, 9.17) is 9.47 Å². The predicted octanol–water partition coefficient (Wildman–Crippen LogP) is 2.41. The number of fused-ring (bicyclic) bond motifs is 1. The van der Waals surface area contributed by atoms with Gasteiger partial charge in [-0.05, 0) is 24.7 Å². The molecule has 0 bridgehead atoms. The van der Waals surface area contributed by atoms with E-state index in [1.807, 2.05) is 13.1 Å². The first-order valence-electron chi connectivity index (χ1n) is 10.0. The zero-order valence-electron chi connectivity index (χ0n) is 16.2. The summed E-state index contributed by atoms with van der Waals surface area (Å²) in [6, 6.07) is 0. The summed E-state index contributed by atoms with van der Waals surface area (Å²) in [4.78, 5) is 23.2. The van der Waals surface area contributed by atoms with Gasteiger partial charge in [-0.2, -0.15) is 0 Å². The molecule has 0 saturated carbocycles. The molecule has 0 spiro atoms. The Morgan fingerprint density at radius 1 is 1.33 bits per heavy atom. The molecule has 1 aromatic heterocycles. The quantitative estimate of drug-likeness (QED) is 0.568. The van der Waals surface area contributed by atoms with E-state index in [0.717, 1.165) is 51.1 Å². The second kappa shape index (κ2) is 8.29. The molecule has 2 aliphatic heterocycles. The van der Waals surface area contributed by atoms with Crippen molar-refractivity contribution in [3.8, 4) is 0 Å². The Morgan fingerprint density at radius 2 is 2.15 bits per heavy atom. The third-order valence-electron chi connectivity index (χ3n) is 5.94. The lowest BCUT2D eigenvalue weighted by Crippen LogP contribution is -2.37. The van der Waals surface area contributed by atoms with Crippen LogP contribution in [0.15, 0.2) is 18.3 Å². The Balaban J connectivity index is 1.40. The maximum Gasteiger partial charge on any atom is 0.309 e. The number of carbonyl (C=O) groups excluding carboxylic acids is 1. The monoisotopic (exact) mass is 391 g/mol. The molecule has 1 aliphatic carbocycles. The summed E-state index contributed by atoms with van der Waals surface area (Å²) in [5.41, 5.74) is 0. The van der Waals surface area contributed by atoms with Crippen LogP contribution in [-0.2, 0) is 20.8 Å². The zero-order chi connectivity index (χ0) is 18.8. The van der Waals surface area contributed by atoms with Gasteiger partial charge in [-0.1, -0.05) is 19.1 Å². The molecule has 4 rings (SSSR count). The van der Waals surface area contributed by atoms with Crippen molar-refractivity contribution < 1.29 is 14.3 Å². The number of rotatable bonds is 5. The Bertz CT molecular complexity index is 686. The van der Waals surface area contributed by atoms with Gasteiger partial charge in [0.25, 0.3) is 0 Å². The molecule has 3 heterocycles. The number of nitrogens with zero attached hydrogens (tertiary/aromatic N) is 3. The Hall–Kier alpha value is -1.44. The Morgan fingerprint density at radius 3 is 2.93 bits per heavy atom. The molecule has 2 fully saturated rings. The number of morpholine rings is 1. The number of carbonyl (C=O) groups is 1. The van der Waals surface area contributed by atoms with Crippen LogP contribution in [0.2, 0.25) is 0 Å². The van der Waals surface area contributed by atoms with Crippen molar-refractivity contribution in [3.63, 3.8) is 0 Å². The van der Waals surface area contributed by atoms with Crippen LogP contribution in [0, 0.1) is 23.7 Å². The molecule has 0 amide bonds. The fourth-order valence-corrected chi connectivity index (χ4v) is 5.61. The van der Waals surface area contributed by atoms with Crippen molar-refractivity contribution >= 4 is 22.4 Å². The molecule has 0 unspecified atom stereocenters. The lowest BCUT2D eigenvalue weighted by Gasteiger charge is -2.32. The topological polar surface area (TPSA) is 54.9 Å². The fourth-order valence-electron chi connectivity index (χ4n) is 4.60. The number of likely N-dealkylation sites (tertiary alicyclic amines) is 1. The minimum atomic E-state index is -0.0291. The number of thiazole rings is 1. The summed E-state index contributed by atoms with van der Waals surface area (Å²) < 4.78 is 10.8. The first kappa shape index (κ1) is 18.9. The van der Waals surface area contributed by atoms with E-state index < -0.39 is 0 Å². The second-order valence-corrected chi connectivity index (χ2v) is 8.85. The summed E-state index contributed by atoms with van der Waals surface area (Å²) in [7, 11) is 0. The maximum absolute atomic E-state index is 12.5. The average Bonchev–Trinajstić information content (AvgIpc) is 3.29. The van der Waals surface area contributed by atoms with Crippen LogP contribution >= 0.6 is 11.3 Å². The number of aromatic nitrogens is 1. The van der Waals surface area contributed by atoms with Gasteiger partial charge in [0.1, 0.15) is 0 Å². The first-order chi connectivity index (χ1) is 13.2. The van der Waals surface area contributed by atoms with Crippen molar-refractivity contribution in [1.82, 2.24) is 9.88 Å². The fraction of sp³-hybridized carbons (Fsp3) is 0.700. The minimum absolute atomic E-state index is 0.0182. The standard InChI is InChI=1S/C20H29N3O3S/c1-3-26-19(24)18-14(2)4-5-15-11-22(13-17(15)18)12-16-10-21-20(27-16)23-6-8-25-9-7-23/h4-5,10,14-15,17-18H,3,6-9,11-13H2,1-2H3/t14-,15-,17+,18+/m0/s1. The van der Waals surface area contributed by atoms with Crippen molar-refractivity contribution in [2.45, 2.75) is 20.4 Å². The van der Waals surface area contributed by atoms with E-state index in [2.05, 4.69) is 33.9 Å². The van der Waals surface area contributed by atoms with E-state index in [9.17, 15) is 4.79 Å². The highest BCUT2D eigenvalue weighted by Crippen LogP contribution is 2.40. The highest BCUT2D eigenvalue weighted by Gasteiger charge is 2.44. The molecule has 0 aromatic carbocycles. The van der Waals surface area contributed by atoms with Crippen molar-refractivity contribution in [3.05, 3.63) is 23.2 Å². The lowest BCUT2D eigenvalue weighted by atomic mass is 9.72. The van der Waals surface area contributed by atoms with Gasteiger partial charge in [-0.25, -0.2) is 4.98 Å². The molecular weight excluding hydrogens is 362 g/mol. The van der Waals surface area contributed by atoms with Crippen LogP contribution in [0.1, 0.15) is 18.7 Å². The summed E-state index contributed by atoms with van der Waals surface area (Å²) in [5, 5.41) is 1.10. The van der Waals surface area contributed by atoms with Gasteiger partial charge < -0.3 is 14.4 Å². The third kappa shape index (κ3) is 4.05. The number of esters is 1. The molecule has 0 N–H and O–H groups in total. The largest absolute Gasteiger partial charge is 0.466 e. The maximum atomic E-state index is 12.5. The van der Waals surface area contributed by atoms with Crippen LogP contribution in [0.25, 0.3) is 0 Å². The molecule has 4 atom stereocenters. The molecule has 2 saturated heterocycles. The van der Waals surface area contributed by atoms with E-state index in [0.29, 0.717) is 18.4 Å². The van der Waals surface area contributed by atoms with E-state index in [-0.39, 0.29) is 17.8 Å². The van der Waals surface area contributed by atoms with Crippen LogP contribution < -0.4 is 4.90 Å². The summed E-state index contributed by atoms with van der Waals surface area (Å²) in [5.74, 6) is 1.01. The van der Waals surface area contributed by atoms with Crippen LogP contribution in [0.5, 0.6) is 0 Å². The summed E-state index contributed by atoms with van der Waals surface area (Å²) >= 11 is 1.78. The molecular formula is C20H29N3O3S. The van der Waals surface area contributed by atoms with E-state index in [1.54, 1.807) is 11.3 Å². The summed E-state index contributed by atoms with van der Waals surface area (Å²) in [6.45, 7) is 10.8. The van der Waals surface area contributed by atoms with Crippen LogP contribution in [0.3, 0.4) is 0 Å². The average molecular weight is 392 g/mol. The number of allylic oxidation sites excluding steroid dienone is 1. The van der Waals surface area contributed by atoms with Crippen molar-refractivity contribution in [2.24, 2.45) is 23.7 Å². The van der Waals surface area contributed by atoms with E-state index in [1.165, 1.54) is 4.88 Å². The highest BCUT2D eigenvalue weighted by molar-refractivity contribution is 7.15. The van der Waals surface area contributed by atoms with Gasteiger partial charge in [0.2, 0.25) is 0 Å². The van der Waals surface area contributed by atoms with Gasteiger partial charge in [-0.3, -0.25) is 9.69 Å². The number of ether oxygens (including phenoxy) is 2. The highest BCUT2D eigenvalue weighted by atomic mass is 32.1. The predicted molar refractivity (Wildman–Crippen MR) is 106 cm³/mol. The van der Waals surface area contributed by atoms with Crippen molar-refractivity contribution in [2.75, 3.05) is 50.9 Å². The number of hydrogen-bond donors (Lipinski definition) is 0. The van der Waals surface area contributed by atoms with Gasteiger partial charge in [0.05, 0.1) is 25.7 Å². The molecule has 7 heteroatoms. The first-order valence-corrected chi connectivity index (χ1v) is 10.8. The second-order valence-electron chi connectivity index (χ2n) is 7.75. The Kier molecular flexibility index (Phi) is 5.80. The molecule has 148 valence electrons. The van der Waals surface area contributed by atoms with Gasteiger partial charge in [0.15, 0.2) is 5.13 Å². The number of anilines is 1. The molecule has 27 heavy (non-hydrogen) atoms.